The predicted octanol–water partition coefficient (Wildman–Crippen LogP) is 5.23. The summed E-state index contributed by atoms with van der Waals surface area (Å²) >= 11 is 0. The summed E-state index contributed by atoms with van der Waals surface area (Å²) in [5, 5.41) is 0. The van der Waals surface area contributed by atoms with Crippen LogP contribution in [0, 0.1) is 37.8 Å². The molecule has 0 spiro atoms. The largest absolute Gasteiger partial charge is 0.270 e. The Kier molecular flexibility index (Phi) is 8.35. The van der Waals surface area contributed by atoms with Gasteiger partial charge in [-0.05, 0) is 85.3 Å². The third-order valence-corrected chi connectivity index (χ3v) is 9.54. The number of hydrogen-bond acceptors (Lipinski definition) is 4. The van der Waals surface area contributed by atoms with E-state index in [1.807, 2.05) is 62.4 Å². The van der Waals surface area contributed by atoms with Gasteiger partial charge in [0, 0.05) is 37.3 Å². The lowest BCUT2D eigenvalue weighted by molar-refractivity contribution is 0.545. The highest BCUT2D eigenvalue weighted by Gasteiger charge is 2.19. The van der Waals surface area contributed by atoms with Crippen molar-refractivity contribution >= 4 is 20.0 Å². The first-order valence-corrected chi connectivity index (χ1v) is 15.2. The Balaban J connectivity index is 1.43. The number of benzene rings is 4. The lowest BCUT2D eigenvalue weighted by Crippen LogP contribution is -2.22. The maximum absolute atomic E-state index is 12.7. The summed E-state index contributed by atoms with van der Waals surface area (Å²) in [5.74, 6) is 5.80. The number of sulfonamides is 2. The lowest BCUT2D eigenvalue weighted by atomic mass is 10.0. The molecule has 0 aliphatic rings. The van der Waals surface area contributed by atoms with E-state index in [1.54, 1.807) is 48.5 Å². The summed E-state index contributed by atoms with van der Waals surface area (Å²) in [6.45, 7) is 3.79. The number of rotatable bonds is 5. The van der Waals surface area contributed by atoms with Crippen LogP contribution in [0.4, 0.5) is 0 Å². The molecule has 0 saturated carbocycles. The van der Waals surface area contributed by atoms with Gasteiger partial charge in [-0.25, -0.2) is 25.4 Å². The second-order valence-corrected chi connectivity index (χ2v) is 13.1. The molecule has 4 rings (SSSR count). The van der Waals surface area contributed by atoms with Gasteiger partial charge in [0.05, 0.1) is 9.79 Å². The first-order valence-electron chi connectivity index (χ1n) is 12.3. The minimum absolute atomic E-state index is 0.193. The Hall–Kier alpha value is -4.50. The topological polar surface area (TPSA) is 74.8 Å². The molecule has 0 radical (unpaired) electrons. The smallest absolute Gasteiger partial charge is 0.227 e. The maximum Gasteiger partial charge on any atom is 0.270 e. The van der Waals surface area contributed by atoms with E-state index in [2.05, 4.69) is 23.9 Å². The van der Waals surface area contributed by atoms with Gasteiger partial charge in [0.15, 0.2) is 0 Å². The van der Waals surface area contributed by atoms with E-state index in [0.717, 1.165) is 30.9 Å². The van der Waals surface area contributed by atoms with Crippen molar-refractivity contribution in [3.05, 3.63) is 119 Å². The highest BCUT2D eigenvalue weighted by Crippen LogP contribution is 2.21. The molecule has 0 unspecified atom stereocenters. The van der Waals surface area contributed by atoms with E-state index in [9.17, 15) is 16.8 Å². The van der Waals surface area contributed by atoms with E-state index in [4.69, 9.17) is 0 Å². The third-order valence-electron chi connectivity index (χ3n) is 6.18. The van der Waals surface area contributed by atoms with Gasteiger partial charge in [0.2, 0.25) is 0 Å². The van der Waals surface area contributed by atoms with Crippen molar-refractivity contribution in [2.24, 2.45) is 0 Å². The van der Waals surface area contributed by atoms with Crippen molar-refractivity contribution in [1.29, 1.82) is 0 Å². The van der Waals surface area contributed by atoms with Crippen LogP contribution < -0.4 is 0 Å². The van der Waals surface area contributed by atoms with Crippen molar-refractivity contribution in [1.82, 2.24) is 8.61 Å². The fourth-order valence-corrected chi connectivity index (χ4v) is 5.56. The molecule has 0 N–H and O–H groups in total. The standard InChI is InChI=1S/C32H28N2O4S2/c1-25-5-17-31(18-6-25)39(35,36)33(3)23-21-27-9-13-29(14-10-27)30-15-11-28(12-16-30)22-24-34(4)40(37,38)32-19-7-26(2)8-20-32/h5-20H,1-4H3. The first kappa shape index (κ1) is 28.5. The fraction of sp³-hybridized carbons (Fsp3) is 0.125. The van der Waals surface area contributed by atoms with Gasteiger partial charge < -0.3 is 0 Å². The number of hydrogen-bond donors (Lipinski definition) is 0. The van der Waals surface area contributed by atoms with Crippen LogP contribution in [0.25, 0.3) is 11.1 Å². The van der Waals surface area contributed by atoms with E-state index in [0.29, 0.717) is 11.1 Å². The van der Waals surface area contributed by atoms with Crippen molar-refractivity contribution in [2.75, 3.05) is 14.1 Å². The molecular formula is C32H28N2O4S2. The quantitative estimate of drug-likeness (QED) is 0.244. The zero-order chi connectivity index (χ0) is 28.9. The van der Waals surface area contributed by atoms with Gasteiger partial charge in [-0.2, -0.15) is 0 Å². The first-order chi connectivity index (χ1) is 19.0. The van der Waals surface area contributed by atoms with Crippen LogP contribution in [0.1, 0.15) is 22.3 Å². The molecule has 0 atom stereocenters. The zero-order valence-corrected chi connectivity index (χ0v) is 24.2. The highest BCUT2D eigenvalue weighted by molar-refractivity contribution is 7.89. The van der Waals surface area contributed by atoms with Crippen LogP contribution in [-0.4, -0.2) is 39.5 Å². The van der Waals surface area contributed by atoms with Crippen molar-refractivity contribution < 1.29 is 16.8 Å². The molecule has 40 heavy (non-hydrogen) atoms. The van der Waals surface area contributed by atoms with Crippen LogP contribution in [0.15, 0.2) is 107 Å². The summed E-state index contributed by atoms with van der Waals surface area (Å²) in [5.41, 5.74) is 5.21. The van der Waals surface area contributed by atoms with Crippen LogP contribution >= 0.6 is 0 Å². The van der Waals surface area contributed by atoms with Gasteiger partial charge in [-0.3, -0.25) is 0 Å². The molecule has 8 heteroatoms. The van der Waals surface area contributed by atoms with E-state index in [-0.39, 0.29) is 9.79 Å². The molecule has 0 aromatic heterocycles. The highest BCUT2D eigenvalue weighted by atomic mass is 32.2. The minimum Gasteiger partial charge on any atom is -0.227 e. The minimum atomic E-state index is -3.70. The van der Waals surface area contributed by atoms with E-state index in [1.165, 1.54) is 14.1 Å². The zero-order valence-electron chi connectivity index (χ0n) is 22.6. The van der Waals surface area contributed by atoms with Crippen molar-refractivity contribution in [2.45, 2.75) is 23.6 Å². The second-order valence-electron chi connectivity index (χ2n) is 9.20. The molecule has 0 aliphatic heterocycles. The number of aryl methyl sites for hydroxylation is 2. The van der Waals surface area contributed by atoms with Crippen molar-refractivity contribution in [3.63, 3.8) is 0 Å². The molecule has 0 aliphatic carbocycles. The van der Waals surface area contributed by atoms with E-state index < -0.39 is 20.0 Å². The lowest BCUT2D eigenvalue weighted by Gasteiger charge is -2.12. The summed E-state index contributed by atoms with van der Waals surface area (Å²) in [6.07, 6.45) is 0. The van der Waals surface area contributed by atoms with Crippen LogP contribution in [-0.2, 0) is 20.0 Å². The third kappa shape index (κ3) is 6.55. The van der Waals surface area contributed by atoms with Gasteiger partial charge in [-0.1, -0.05) is 59.7 Å². The molecule has 0 amide bonds. The molecule has 0 heterocycles. The molecule has 4 aromatic carbocycles. The van der Waals surface area contributed by atoms with Crippen LogP contribution in [0.3, 0.4) is 0 Å². The molecule has 4 aromatic rings. The predicted molar refractivity (Wildman–Crippen MR) is 158 cm³/mol. The Morgan fingerprint density at radius 1 is 0.475 bits per heavy atom. The Morgan fingerprint density at radius 2 is 0.775 bits per heavy atom. The fourth-order valence-electron chi connectivity index (χ4n) is 3.64. The molecule has 0 saturated heterocycles. The van der Waals surface area contributed by atoms with Crippen LogP contribution in [0.2, 0.25) is 0 Å². The Labute approximate surface area is 237 Å². The van der Waals surface area contributed by atoms with Gasteiger partial charge in [0.25, 0.3) is 20.0 Å². The summed E-state index contributed by atoms with van der Waals surface area (Å²) in [4.78, 5) is 0.385. The summed E-state index contributed by atoms with van der Waals surface area (Å²) in [6, 6.07) is 33.6. The molecular weight excluding hydrogens is 540 g/mol. The molecule has 6 nitrogen and oxygen atoms in total. The average Bonchev–Trinajstić information content (AvgIpc) is 2.95. The van der Waals surface area contributed by atoms with E-state index >= 15 is 0 Å². The SMILES string of the molecule is Cc1ccc(S(=O)(=O)N(C)C#Cc2ccc(-c3ccc(C#CN(C)S(=O)(=O)c4ccc(C)cc4)cc3)cc2)cc1. The monoisotopic (exact) mass is 568 g/mol. The maximum atomic E-state index is 12.7. The molecule has 0 fully saturated rings. The Morgan fingerprint density at radius 3 is 1.07 bits per heavy atom. The summed E-state index contributed by atoms with van der Waals surface area (Å²) in [7, 11) is -4.55. The Bertz CT molecular complexity index is 1700. The summed E-state index contributed by atoms with van der Waals surface area (Å²) < 4.78 is 52.9. The normalized spacial score (nSPS) is 11.0. The number of nitrogens with zero attached hydrogens (tertiary/aromatic N) is 2. The molecule has 0 bridgehead atoms. The van der Waals surface area contributed by atoms with Gasteiger partial charge >= 0.3 is 0 Å². The van der Waals surface area contributed by atoms with Gasteiger partial charge in [-0.15, -0.1) is 0 Å². The molecule has 202 valence electrons. The van der Waals surface area contributed by atoms with Gasteiger partial charge in [0.1, 0.15) is 0 Å². The second kappa shape index (κ2) is 11.7. The van der Waals surface area contributed by atoms with Crippen LogP contribution in [0.5, 0.6) is 0 Å². The van der Waals surface area contributed by atoms with Crippen molar-refractivity contribution in [3.8, 4) is 35.1 Å². The average molecular weight is 569 g/mol.